The average Bonchev–Trinajstić information content (AvgIpc) is 1.61. The van der Waals surface area contributed by atoms with Gasteiger partial charge in [-0.15, -0.1) is 12.4 Å². The van der Waals surface area contributed by atoms with E-state index in [0.717, 1.165) is 6.08 Å². The smallest absolute Gasteiger partial charge is 0.328 e. The number of hydrogen-bond donors (Lipinski definition) is 2. The highest BCUT2D eigenvalue weighted by atomic mass is 35.5. The number of carboxylic acids is 1. The molecule has 0 unspecified atom stereocenters. The lowest BCUT2D eigenvalue weighted by Gasteiger charge is -1.75. The van der Waals surface area contributed by atoms with Crippen molar-refractivity contribution in [2.45, 2.75) is 0 Å². The molecule has 52 valence electrons. The Morgan fingerprint density at radius 2 is 1.78 bits per heavy atom. The maximum atomic E-state index is 9.78. The highest BCUT2D eigenvalue weighted by molar-refractivity contribution is 5.92. The molecule has 0 heterocycles. The fourth-order valence-corrected chi connectivity index (χ4v) is 0.153. The van der Waals surface area contributed by atoms with Crippen LogP contribution in [0.15, 0.2) is 12.2 Å². The second-order valence-electron chi connectivity index (χ2n) is 1.07. The Kier molecular flexibility index (Phi) is 6.17. The number of hydrogen-bond acceptors (Lipinski definition) is 2. The van der Waals surface area contributed by atoms with Crippen LogP contribution in [-0.2, 0) is 9.59 Å². The number of rotatable bonds is 2. The summed E-state index contributed by atoms with van der Waals surface area (Å²) in [6, 6.07) is 0. The number of carboxylic acid groups (broad SMARTS) is 1. The molecule has 0 atom stereocenters. The molecule has 0 rings (SSSR count). The number of primary amides is 1. The first-order valence-corrected chi connectivity index (χ1v) is 1.83. The lowest BCUT2D eigenvalue weighted by atomic mass is 10.5. The van der Waals surface area contributed by atoms with Crippen LogP contribution in [0.1, 0.15) is 0 Å². The van der Waals surface area contributed by atoms with E-state index in [1.807, 2.05) is 0 Å². The summed E-state index contributed by atoms with van der Waals surface area (Å²) in [7, 11) is 0. The van der Waals surface area contributed by atoms with Gasteiger partial charge in [-0.3, -0.25) is 4.79 Å². The molecule has 4 nitrogen and oxygen atoms in total. The molecular weight excluding hydrogens is 146 g/mol. The first-order chi connectivity index (χ1) is 3.63. The minimum atomic E-state index is -1.18. The first kappa shape index (κ1) is 10.9. The predicted octanol–water partition coefficient (Wildman–Crippen LogP) is -0.466. The Bertz CT molecular complexity index is 127. The van der Waals surface area contributed by atoms with E-state index in [-0.39, 0.29) is 12.4 Å². The monoisotopic (exact) mass is 151 g/mol. The van der Waals surface area contributed by atoms with Crippen LogP contribution in [-0.4, -0.2) is 17.0 Å². The van der Waals surface area contributed by atoms with Gasteiger partial charge >= 0.3 is 5.97 Å². The molecule has 1 amide bonds. The molecule has 5 heteroatoms. The highest BCUT2D eigenvalue weighted by Crippen LogP contribution is 1.68. The molecule has 3 N–H and O–H groups in total. The minimum Gasteiger partial charge on any atom is -0.478 e. The molecule has 0 aliphatic carbocycles. The van der Waals surface area contributed by atoms with E-state index in [2.05, 4.69) is 5.73 Å². The Labute approximate surface area is 57.8 Å². The molecule has 0 bridgehead atoms. The van der Waals surface area contributed by atoms with Crippen molar-refractivity contribution in [3.05, 3.63) is 12.2 Å². The fraction of sp³-hybridized carbons (Fsp3) is 0. The molecule has 0 aliphatic heterocycles. The number of carbonyl (C=O) groups is 2. The summed E-state index contributed by atoms with van der Waals surface area (Å²) in [6.07, 6.45) is 1.46. The van der Waals surface area contributed by atoms with Crippen molar-refractivity contribution >= 4 is 24.3 Å². The highest BCUT2D eigenvalue weighted by Gasteiger charge is 1.86. The zero-order valence-corrected chi connectivity index (χ0v) is 5.22. The van der Waals surface area contributed by atoms with Crippen LogP contribution in [0.2, 0.25) is 0 Å². The maximum Gasteiger partial charge on any atom is 0.328 e. The van der Waals surface area contributed by atoms with Crippen LogP contribution in [0.3, 0.4) is 0 Å². The van der Waals surface area contributed by atoms with Crippen molar-refractivity contribution in [1.29, 1.82) is 0 Å². The van der Waals surface area contributed by atoms with Crippen molar-refractivity contribution in [3.8, 4) is 0 Å². The number of halogens is 1. The maximum absolute atomic E-state index is 9.78. The van der Waals surface area contributed by atoms with Crippen LogP contribution in [0.4, 0.5) is 0 Å². The van der Waals surface area contributed by atoms with E-state index in [4.69, 9.17) is 5.11 Å². The summed E-state index contributed by atoms with van der Waals surface area (Å²) in [5.41, 5.74) is 4.55. The minimum absolute atomic E-state index is 0. The van der Waals surface area contributed by atoms with Gasteiger partial charge in [0.05, 0.1) is 0 Å². The molecule has 0 radical (unpaired) electrons. The van der Waals surface area contributed by atoms with Gasteiger partial charge in [-0.05, 0) is 0 Å². The Morgan fingerprint density at radius 3 is 1.89 bits per heavy atom. The van der Waals surface area contributed by atoms with Crippen LogP contribution < -0.4 is 5.73 Å². The Balaban J connectivity index is 0. The zero-order chi connectivity index (χ0) is 6.57. The number of carbonyl (C=O) groups excluding carboxylic acids is 1. The van der Waals surface area contributed by atoms with Gasteiger partial charge < -0.3 is 10.8 Å². The molecular formula is C4H6ClNO3. The van der Waals surface area contributed by atoms with E-state index in [9.17, 15) is 9.59 Å². The summed E-state index contributed by atoms with van der Waals surface area (Å²) in [4.78, 5) is 19.4. The topological polar surface area (TPSA) is 80.4 Å². The van der Waals surface area contributed by atoms with E-state index < -0.39 is 11.9 Å². The Morgan fingerprint density at radius 1 is 1.33 bits per heavy atom. The van der Waals surface area contributed by atoms with Gasteiger partial charge in [0.25, 0.3) is 0 Å². The number of aliphatic carboxylic acids is 1. The van der Waals surface area contributed by atoms with E-state index in [1.54, 1.807) is 0 Å². The molecule has 0 aromatic heterocycles. The average molecular weight is 152 g/mol. The van der Waals surface area contributed by atoms with Gasteiger partial charge in [0.15, 0.2) is 0 Å². The summed E-state index contributed by atoms with van der Waals surface area (Å²) < 4.78 is 0. The third-order valence-electron chi connectivity index (χ3n) is 0.390. The van der Waals surface area contributed by atoms with E-state index >= 15 is 0 Å². The molecule has 0 saturated carbocycles. The lowest BCUT2D eigenvalue weighted by Crippen LogP contribution is -2.06. The van der Waals surface area contributed by atoms with Gasteiger partial charge in [0.1, 0.15) is 0 Å². The molecule has 9 heavy (non-hydrogen) atoms. The fourth-order valence-electron chi connectivity index (χ4n) is 0.153. The van der Waals surface area contributed by atoms with Gasteiger partial charge in [-0.25, -0.2) is 4.79 Å². The number of nitrogens with two attached hydrogens (primary N) is 1. The Hall–Kier alpha value is -1.03. The quantitative estimate of drug-likeness (QED) is 0.524. The van der Waals surface area contributed by atoms with Crippen molar-refractivity contribution in [2.24, 2.45) is 5.73 Å². The van der Waals surface area contributed by atoms with Crippen LogP contribution in [0, 0.1) is 0 Å². The van der Waals surface area contributed by atoms with Crippen molar-refractivity contribution in [2.75, 3.05) is 0 Å². The standard InChI is InChI=1S/C4H5NO3.ClH/c5-3(6)1-2-4(7)8;/h1-2H,(H2,5,6)(H,7,8);1H/b2-1-;. The largest absolute Gasteiger partial charge is 0.478 e. The molecule has 0 aromatic rings. The molecule has 0 saturated heterocycles. The predicted molar refractivity (Wildman–Crippen MR) is 33.2 cm³/mol. The van der Waals surface area contributed by atoms with E-state index in [0.29, 0.717) is 6.08 Å². The zero-order valence-electron chi connectivity index (χ0n) is 4.40. The van der Waals surface area contributed by atoms with Crippen LogP contribution >= 0.6 is 12.4 Å². The third kappa shape index (κ3) is 10.9. The molecule has 0 fully saturated rings. The summed E-state index contributed by atoms with van der Waals surface area (Å²) in [5.74, 6) is -1.93. The number of amides is 1. The molecule has 0 aromatic carbocycles. The van der Waals surface area contributed by atoms with Gasteiger partial charge in [-0.1, -0.05) is 0 Å². The van der Waals surface area contributed by atoms with Gasteiger partial charge in [-0.2, -0.15) is 0 Å². The normalized spacial score (nSPS) is 8.44. The van der Waals surface area contributed by atoms with Gasteiger partial charge in [0.2, 0.25) is 5.91 Å². The third-order valence-corrected chi connectivity index (χ3v) is 0.390. The van der Waals surface area contributed by atoms with Crippen LogP contribution in [0.25, 0.3) is 0 Å². The lowest BCUT2D eigenvalue weighted by molar-refractivity contribution is -0.131. The summed E-state index contributed by atoms with van der Waals surface area (Å²) in [5, 5.41) is 7.87. The summed E-state index contributed by atoms with van der Waals surface area (Å²) in [6.45, 7) is 0. The van der Waals surface area contributed by atoms with Gasteiger partial charge in [0, 0.05) is 12.2 Å². The second kappa shape index (κ2) is 5.11. The van der Waals surface area contributed by atoms with Crippen LogP contribution in [0.5, 0.6) is 0 Å². The molecule has 0 aliphatic rings. The molecule has 0 spiro atoms. The second-order valence-corrected chi connectivity index (χ2v) is 1.07. The van der Waals surface area contributed by atoms with Crippen molar-refractivity contribution in [1.82, 2.24) is 0 Å². The first-order valence-electron chi connectivity index (χ1n) is 1.83. The van der Waals surface area contributed by atoms with E-state index in [1.165, 1.54) is 0 Å². The SMILES string of the molecule is Cl.NC(=O)/C=C\C(=O)O. The summed E-state index contributed by atoms with van der Waals surface area (Å²) >= 11 is 0. The van der Waals surface area contributed by atoms with Crippen molar-refractivity contribution in [3.63, 3.8) is 0 Å². The van der Waals surface area contributed by atoms with Crippen molar-refractivity contribution < 1.29 is 14.7 Å².